The van der Waals surface area contributed by atoms with Crippen molar-refractivity contribution < 1.29 is 9.53 Å². The average molecular weight is 404 g/mol. The molecule has 1 aliphatic heterocycles. The minimum absolute atomic E-state index is 0.126. The van der Waals surface area contributed by atoms with Gasteiger partial charge in [0.15, 0.2) is 0 Å². The molecule has 0 bridgehead atoms. The number of carbonyl (C=O) groups excluding carboxylic acids is 1. The highest BCUT2D eigenvalue weighted by molar-refractivity contribution is 8.14. The lowest BCUT2D eigenvalue weighted by Crippen LogP contribution is -2.28. The number of para-hydroxylation sites is 2. The van der Waals surface area contributed by atoms with Gasteiger partial charge in [0.2, 0.25) is 5.91 Å². The summed E-state index contributed by atoms with van der Waals surface area (Å²) in [5.74, 6) is 1.40. The van der Waals surface area contributed by atoms with Gasteiger partial charge in [-0.15, -0.1) is 0 Å². The Balaban J connectivity index is 1.72. The topological polar surface area (TPSA) is 45.1 Å². The van der Waals surface area contributed by atoms with Gasteiger partial charge in [0, 0.05) is 18.2 Å². The molecule has 6 heteroatoms. The zero-order valence-corrected chi connectivity index (χ0v) is 17.1. The van der Waals surface area contributed by atoms with E-state index in [1.54, 1.807) is 18.9 Å². The summed E-state index contributed by atoms with van der Waals surface area (Å²) in [6, 6.07) is 25.6. The number of ether oxygens (including phenoxy) is 1. The molecule has 1 aliphatic rings. The van der Waals surface area contributed by atoms with E-state index < -0.39 is 0 Å². The van der Waals surface area contributed by atoms with E-state index in [0.29, 0.717) is 5.88 Å². The number of hydrogen-bond donors (Lipinski definition) is 0. The van der Waals surface area contributed by atoms with Crippen LogP contribution < -0.4 is 14.6 Å². The zero-order chi connectivity index (χ0) is 20.2. The van der Waals surface area contributed by atoms with Gasteiger partial charge < -0.3 is 9.64 Å². The summed E-state index contributed by atoms with van der Waals surface area (Å²) in [6.07, 6.45) is 0. The number of rotatable bonds is 4. The van der Waals surface area contributed by atoms with Crippen molar-refractivity contribution in [3.05, 3.63) is 84.4 Å². The van der Waals surface area contributed by atoms with Crippen LogP contribution in [0.5, 0.6) is 5.75 Å². The maximum atomic E-state index is 12.3. The lowest BCUT2D eigenvalue weighted by Gasteiger charge is -2.32. The number of nitrogens with zero attached hydrogens (tertiary/aromatic N) is 3. The Morgan fingerprint density at radius 2 is 1.69 bits per heavy atom. The number of hydrogen-bond acceptors (Lipinski definition) is 5. The molecule has 1 heterocycles. The molecule has 0 radical (unpaired) electrons. The van der Waals surface area contributed by atoms with Crippen LogP contribution in [0.2, 0.25) is 0 Å². The highest BCUT2D eigenvalue weighted by Gasteiger charge is 2.25. The second-order valence-electron chi connectivity index (χ2n) is 6.49. The van der Waals surface area contributed by atoms with E-state index >= 15 is 0 Å². The van der Waals surface area contributed by atoms with Gasteiger partial charge in [-0.25, -0.2) is 0 Å². The Kier molecular flexibility index (Phi) is 5.53. The van der Waals surface area contributed by atoms with Gasteiger partial charge in [-0.2, -0.15) is 10.1 Å². The van der Waals surface area contributed by atoms with Crippen LogP contribution in [0.3, 0.4) is 0 Å². The molecule has 0 fully saturated rings. The molecule has 0 aromatic heterocycles. The van der Waals surface area contributed by atoms with E-state index in [1.807, 2.05) is 72.8 Å². The van der Waals surface area contributed by atoms with Crippen molar-refractivity contribution in [2.24, 2.45) is 5.10 Å². The number of anilines is 3. The molecule has 0 saturated carbocycles. The number of benzene rings is 3. The Hall–Kier alpha value is -3.25. The summed E-state index contributed by atoms with van der Waals surface area (Å²) in [6.45, 7) is 1.53. The van der Waals surface area contributed by atoms with Crippen molar-refractivity contribution in [3.63, 3.8) is 0 Å². The molecular formula is C23H21N3O2S. The molecule has 0 N–H and O–H groups in total. The fourth-order valence-corrected chi connectivity index (χ4v) is 4.20. The van der Waals surface area contributed by atoms with Crippen LogP contribution in [0.1, 0.15) is 12.5 Å². The lowest BCUT2D eigenvalue weighted by atomic mass is 10.1. The number of hydrazone groups is 1. The first-order valence-electron chi connectivity index (χ1n) is 9.25. The quantitative estimate of drug-likeness (QED) is 0.558. The van der Waals surface area contributed by atoms with Crippen LogP contribution in [0.25, 0.3) is 0 Å². The van der Waals surface area contributed by atoms with E-state index in [4.69, 9.17) is 9.84 Å². The number of amides is 1. The highest BCUT2D eigenvalue weighted by Crippen LogP contribution is 2.38. The molecule has 3 aromatic carbocycles. The molecule has 1 amide bonds. The summed E-state index contributed by atoms with van der Waals surface area (Å²) in [7, 11) is 1.66. The minimum atomic E-state index is -0.126. The van der Waals surface area contributed by atoms with Crippen LogP contribution in [0.4, 0.5) is 17.1 Å². The standard InChI is InChI=1S/C23H21N3O2S/c1-17(27)26(19-8-4-3-5-9-19)24-23-21-10-6-7-11-22(21)25(16-29-23)18-12-14-20(28-2)15-13-18/h3-15H,16H2,1-2H3/b24-23-. The van der Waals surface area contributed by atoms with Gasteiger partial charge >= 0.3 is 0 Å². The Morgan fingerprint density at radius 3 is 2.38 bits per heavy atom. The second-order valence-corrected chi connectivity index (χ2v) is 7.42. The highest BCUT2D eigenvalue weighted by atomic mass is 32.2. The average Bonchev–Trinajstić information content (AvgIpc) is 2.78. The molecule has 0 spiro atoms. The Labute approximate surface area is 174 Å². The first kappa shape index (κ1) is 19.1. The molecule has 0 aliphatic carbocycles. The smallest absolute Gasteiger partial charge is 0.244 e. The van der Waals surface area contributed by atoms with Gasteiger partial charge in [0.25, 0.3) is 0 Å². The summed E-state index contributed by atoms with van der Waals surface area (Å²) in [4.78, 5) is 14.5. The summed E-state index contributed by atoms with van der Waals surface area (Å²) in [5.41, 5.74) is 3.90. The predicted molar refractivity (Wildman–Crippen MR) is 120 cm³/mol. The van der Waals surface area contributed by atoms with Gasteiger partial charge in [-0.3, -0.25) is 4.79 Å². The number of methoxy groups -OCH3 is 1. The SMILES string of the molecule is COc1ccc(N2CS/C(=N\N(C(C)=O)c3ccccc3)c3ccccc32)cc1. The third-order valence-corrected chi connectivity index (χ3v) is 5.59. The van der Waals surface area contributed by atoms with Crippen molar-refractivity contribution >= 4 is 39.8 Å². The van der Waals surface area contributed by atoms with Crippen LogP contribution in [0.15, 0.2) is 84.0 Å². The molecule has 4 rings (SSSR count). The molecule has 0 saturated heterocycles. The van der Waals surface area contributed by atoms with E-state index in [1.165, 1.54) is 11.9 Å². The number of thioether (sulfide) groups is 1. The molecule has 29 heavy (non-hydrogen) atoms. The second kappa shape index (κ2) is 8.41. The fraction of sp³-hybridized carbons (Fsp3) is 0.130. The van der Waals surface area contributed by atoms with Gasteiger partial charge in [0.05, 0.1) is 24.4 Å². The van der Waals surface area contributed by atoms with E-state index in [0.717, 1.165) is 33.4 Å². The van der Waals surface area contributed by atoms with Crippen LogP contribution in [-0.4, -0.2) is 23.9 Å². The van der Waals surface area contributed by atoms with Gasteiger partial charge in [0.1, 0.15) is 10.8 Å². The monoisotopic (exact) mass is 403 g/mol. The van der Waals surface area contributed by atoms with Gasteiger partial charge in [-0.05, 0) is 42.5 Å². The van der Waals surface area contributed by atoms with Crippen molar-refractivity contribution in [2.45, 2.75) is 6.92 Å². The normalized spacial score (nSPS) is 14.4. The van der Waals surface area contributed by atoms with E-state index in [-0.39, 0.29) is 5.91 Å². The first-order chi connectivity index (χ1) is 14.2. The first-order valence-corrected chi connectivity index (χ1v) is 10.2. The number of carbonyl (C=O) groups is 1. The zero-order valence-electron chi connectivity index (χ0n) is 16.3. The molecular weight excluding hydrogens is 382 g/mol. The third kappa shape index (κ3) is 3.98. The predicted octanol–water partition coefficient (Wildman–Crippen LogP) is 5.25. The molecule has 0 unspecified atom stereocenters. The van der Waals surface area contributed by atoms with Crippen molar-refractivity contribution in [1.29, 1.82) is 0 Å². The molecule has 146 valence electrons. The Morgan fingerprint density at radius 1 is 1.00 bits per heavy atom. The lowest BCUT2D eigenvalue weighted by molar-refractivity contribution is -0.116. The summed E-state index contributed by atoms with van der Waals surface area (Å²) < 4.78 is 5.27. The van der Waals surface area contributed by atoms with Crippen molar-refractivity contribution in [3.8, 4) is 5.75 Å². The molecule has 0 atom stereocenters. The maximum Gasteiger partial charge on any atom is 0.244 e. The van der Waals surface area contributed by atoms with Crippen LogP contribution in [-0.2, 0) is 4.79 Å². The summed E-state index contributed by atoms with van der Waals surface area (Å²) in [5, 5.41) is 7.00. The summed E-state index contributed by atoms with van der Waals surface area (Å²) >= 11 is 1.61. The molecule has 5 nitrogen and oxygen atoms in total. The fourth-order valence-electron chi connectivity index (χ4n) is 3.19. The maximum absolute atomic E-state index is 12.3. The van der Waals surface area contributed by atoms with Crippen molar-refractivity contribution in [1.82, 2.24) is 0 Å². The Bertz CT molecular complexity index is 1040. The van der Waals surface area contributed by atoms with Crippen molar-refractivity contribution in [2.75, 3.05) is 22.9 Å². The van der Waals surface area contributed by atoms with Crippen LogP contribution >= 0.6 is 11.8 Å². The van der Waals surface area contributed by atoms with E-state index in [2.05, 4.69) is 11.0 Å². The number of fused-ring (bicyclic) bond motifs is 1. The van der Waals surface area contributed by atoms with E-state index in [9.17, 15) is 4.79 Å². The van der Waals surface area contributed by atoms with Gasteiger partial charge in [-0.1, -0.05) is 48.2 Å². The third-order valence-electron chi connectivity index (χ3n) is 4.63. The largest absolute Gasteiger partial charge is 0.497 e. The minimum Gasteiger partial charge on any atom is -0.497 e. The molecule has 3 aromatic rings. The van der Waals surface area contributed by atoms with Crippen LogP contribution in [0, 0.1) is 0 Å².